The van der Waals surface area contributed by atoms with Crippen molar-refractivity contribution in [2.24, 2.45) is 0 Å². The number of piperidine rings is 1. The van der Waals surface area contributed by atoms with E-state index < -0.39 is 10.0 Å². The maximum atomic E-state index is 12.9. The number of methoxy groups -OCH3 is 1. The number of ether oxygens (including phenoxy) is 1. The first-order valence-corrected chi connectivity index (χ1v) is 11.5. The third-order valence-corrected chi connectivity index (χ3v) is 6.64. The molecule has 164 valence electrons. The Morgan fingerprint density at radius 3 is 2.40 bits per heavy atom. The number of nitrogens with one attached hydrogen (secondary N) is 1. The molecule has 0 saturated carbocycles. The van der Waals surface area contributed by atoms with Gasteiger partial charge >= 0.3 is 0 Å². The number of anilines is 2. The number of sulfonamides is 1. The molecule has 1 N–H and O–H groups in total. The molecule has 0 spiro atoms. The van der Waals surface area contributed by atoms with Crippen LogP contribution in [-0.2, 0) is 16.6 Å². The molecule has 30 heavy (non-hydrogen) atoms. The van der Waals surface area contributed by atoms with Crippen molar-refractivity contribution in [3.8, 4) is 5.75 Å². The van der Waals surface area contributed by atoms with Gasteiger partial charge in [0, 0.05) is 27.2 Å². The SMILES string of the molecule is COc1cc(C)c(S(=O)(=O)NCc2nc(N(C)C)nc(N3CCCCC3)n2)cc1C. The average Bonchev–Trinajstić information content (AvgIpc) is 2.74. The Kier molecular flexibility index (Phi) is 6.77. The summed E-state index contributed by atoms with van der Waals surface area (Å²) in [6, 6.07) is 3.35. The zero-order chi connectivity index (χ0) is 21.9. The summed E-state index contributed by atoms with van der Waals surface area (Å²) in [5.41, 5.74) is 1.37. The Labute approximate surface area is 178 Å². The van der Waals surface area contributed by atoms with Crippen LogP contribution in [0.3, 0.4) is 0 Å². The fourth-order valence-electron chi connectivity index (χ4n) is 3.42. The summed E-state index contributed by atoms with van der Waals surface area (Å²) < 4.78 is 33.8. The standard InChI is InChI=1S/C20H30N6O3S/c1-14-12-17(15(2)11-16(14)29-5)30(27,28)21-13-18-22-19(25(3)4)24-20(23-18)26-9-7-6-8-10-26/h11-12,21H,6-10,13H2,1-5H3. The Hall–Kier alpha value is -2.46. The van der Waals surface area contributed by atoms with E-state index in [0.29, 0.717) is 29.0 Å². The lowest BCUT2D eigenvalue weighted by molar-refractivity contribution is 0.411. The summed E-state index contributed by atoms with van der Waals surface area (Å²) >= 11 is 0. The summed E-state index contributed by atoms with van der Waals surface area (Å²) in [4.78, 5) is 17.6. The molecule has 1 aromatic carbocycles. The molecule has 0 aliphatic carbocycles. The minimum absolute atomic E-state index is 0.0168. The Balaban J connectivity index is 1.85. The minimum Gasteiger partial charge on any atom is -0.496 e. The van der Waals surface area contributed by atoms with E-state index in [2.05, 4.69) is 24.6 Å². The van der Waals surface area contributed by atoms with Crippen LogP contribution in [-0.4, -0.2) is 57.7 Å². The van der Waals surface area contributed by atoms with E-state index in [9.17, 15) is 8.42 Å². The lowest BCUT2D eigenvalue weighted by atomic mass is 10.1. The van der Waals surface area contributed by atoms with E-state index in [1.807, 2.05) is 21.0 Å². The predicted molar refractivity (Wildman–Crippen MR) is 117 cm³/mol. The molecule has 0 bridgehead atoms. The third-order valence-electron chi connectivity index (χ3n) is 5.10. The monoisotopic (exact) mass is 434 g/mol. The molecule has 2 heterocycles. The van der Waals surface area contributed by atoms with Crippen LogP contribution in [0.4, 0.5) is 11.9 Å². The van der Waals surface area contributed by atoms with Gasteiger partial charge in [0.1, 0.15) is 5.75 Å². The van der Waals surface area contributed by atoms with Crippen molar-refractivity contribution >= 4 is 21.9 Å². The molecule has 1 aliphatic heterocycles. The van der Waals surface area contributed by atoms with Crippen LogP contribution < -0.4 is 19.3 Å². The van der Waals surface area contributed by atoms with E-state index in [0.717, 1.165) is 31.5 Å². The highest BCUT2D eigenvalue weighted by Crippen LogP contribution is 2.25. The van der Waals surface area contributed by atoms with E-state index in [-0.39, 0.29) is 11.4 Å². The van der Waals surface area contributed by atoms with Gasteiger partial charge in [0.25, 0.3) is 0 Å². The van der Waals surface area contributed by atoms with Gasteiger partial charge in [-0.1, -0.05) is 0 Å². The van der Waals surface area contributed by atoms with Crippen molar-refractivity contribution in [3.05, 3.63) is 29.1 Å². The molecule has 1 aliphatic rings. The Morgan fingerprint density at radius 2 is 1.77 bits per heavy atom. The zero-order valence-electron chi connectivity index (χ0n) is 18.3. The van der Waals surface area contributed by atoms with Gasteiger partial charge < -0.3 is 14.5 Å². The van der Waals surface area contributed by atoms with Crippen LogP contribution >= 0.6 is 0 Å². The summed E-state index contributed by atoms with van der Waals surface area (Å²) in [6.45, 7) is 5.34. The smallest absolute Gasteiger partial charge is 0.241 e. The van der Waals surface area contributed by atoms with Crippen molar-refractivity contribution < 1.29 is 13.2 Å². The molecule has 1 saturated heterocycles. The molecule has 9 nitrogen and oxygen atoms in total. The van der Waals surface area contributed by atoms with Crippen molar-refractivity contribution in [2.45, 2.75) is 44.6 Å². The highest BCUT2D eigenvalue weighted by atomic mass is 32.2. The maximum Gasteiger partial charge on any atom is 0.241 e. The Morgan fingerprint density at radius 1 is 1.07 bits per heavy atom. The number of aromatic nitrogens is 3. The summed E-state index contributed by atoms with van der Waals surface area (Å²) in [7, 11) is 1.53. The molecule has 2 aromatic rings. The molecule has 10 heteroatoms. The first kappa shape index (κ1) is 22.2. The highest BCUT2D eigenvalue weighted by Gasteiger charge is 2.21. The van der Waals surface area contributed by atoms with Crippen LogP contribution in [0.2, 0.25) is 0 Å². The van der Waals surface area contributed by atoms with Gasteiger partial charge in [-0.25, -0.2) is 13.1 Å². The van der Waals surface area contributed by atoms with E-state index in [4.69, 9.17) is 4.74 Å². The lowest BCUT2D eigenvalue weighted by Crippen LogP contribution is -2.33. The number of benzene rings is 1. The highest BCUT2D eigenvalue weighted by molar-refractivity contribution is 7.89. The third kappa shape index (κ3) is 4.99. The van der Waals surface area contributed by atoms with Gasteiger partial charge in [0.2, 0.25) is 21.9 Å². The summed E-state index contributed by atoms with van der Waals surface area (Å²) in [5.74, 6) is 2.15. The van der Waals surface area contributed by atoms with Gasteiger partial charge in [0.15, 0.2) is 5.82 Å². The zero-order valence-corrected chi connectivity index (χ0v) is 19.1. The normalized spacial score (nSPS) is 14.6. The topological polar surface area (TPSA) is 101 Å². The van der Waals surface area contributed by atoms with Crippen molar-refractivity contribution in [1.29, 1.82) is 0 Å². The predicted octanol–water partition coefficient (Wildman–Crippen LogP) is 2.03. The van der Waals surface area contributed by atoms with Crippen molar-refractivity contribution in [3.63, 3.8) is 0 Å². The van der Waals surface area contributed by atoms with Crippen LogP contribution in [0.25, 0.3) is 0 Å². The number of aryl methyl sites for hydroxylation is 2. The second-order valence-corrected chi connectivity index (χ2v) is 9.44. The van der Waals surface area contributed by atoms with Crippen molar-refractivity contribution in [2.75, 3.05) is 44.1 Å². The van der Waals surface area contributed by atoms with Gasteiger partial charge in [-0.15, -0.1) is 0 Å². The van der Waals surface area contributed by atoms with Crippen LogP contribution in [0.1, 0.15) is 36.2 Å². The first-order valence-electron chi connectivity index (χ1n) is 10.0. The second kappa shape index (κ2) is 9.13. The fourth-order valence-corrected chi connectivity index (χ4v) is 4.71. The average molecular weight is 435 g/mol. The fraction of sp³-hybridized carbons (Fsp3) is 0.550. The number of nitrogens with zero attached hydrogens (tertiary/aromatic N) is 5. The number of rotatable bonds is 7. The molecule has 3 rings (SSSR count). The molecular formula is C20H30N6O3S. The quantitative estimate of drug-likeness (QED) is 0.707. The lowest BCUT2D eigenvalue weighted by Gasteiger charge is -2.27. The molecule has 0 radical (unpaired) electrons. The van der Waals surface area contributed by atoms with Gasteiger partial charge in [-0.05, 0) is 56.4 Å². The van der Waals surface area contributed by atoms with Gasteiger partial charge in [-0.2, -0.15) is 15.0 Å². The van der Waals surface area contributed by atoms with Crippen LogP contribution in [0, 0.1) is 13.8 Å². The Bertz CT molecular complexity index is 1000. The van der Waals surface area contributed by atoms with E-state index >= 15 is 0 Å². The van der Waals surface area contributed by atoms with E-state index in [1.165, 1.54) is 6.42 Å². The van der Waals surface area contributed by atoms with Crippen LogP contribution in [0.5, 0.6) is 5.75 Å². The number of hydrogen-bond donors (Lipinski definition) is 1. The van der Waals surface area contributed by atoms with Crippen molar-refractivity contribution in [1.82, 2.24) is 19.7 Å². The minimum atomic E-state index is -3.74. The molecule has 1 aromatic heterocycles. The van der Waals surface area contributed by atoms with Gasteiger partial charge in [0.05, 0.1) is 18.6 Å². The molecule has 0 unspecified atom stereocenters. The van der Waals surface area contributed by atoms with Crippen LogP contribution in [0.15, 0.2) is 17.0 Å². The number of hydrogen-bond acceptors (Lipinski definition) is 8. The molecular weight excluding hydrogens is 404 g/mol. The summed E-state index contributed by atoms with van der Waals surface area (Å²) in [5, 5.41) is 0. The second-order valence-electron chi connectivity index (χ2n) is 7.71. The first-order chi connectivity index (χ1) is 14.2. The maximum absolute atomic E-state index is 12.9. The molecule has 0 amide bonds. The largest absolute Gasteiger partial charge is 0.496 e. The van der Waals surface area contributed by atoms with Gasteiger partial charge in [-0.3, -0.25) is 0 Å². The molecule has 1 fully saturated rings. The summed E-state index contributed by atoms with van der Waals surface area (Å²) in [6.07, 6.45) is 3.40. The molecule has 0 atom stereocenters. The van der Waals surface area contributed by atoms with E-state index in [1.54, 1.807) is 31.1 Å².